The van der Waals surface area contributed by atoms with Crippen LogP contribution in [0.2, 0.25) is 0 Å². The molecule has 8 heteroatoms. The lowest BCUT2D eigenvalue weighted by Crippen LogP contribution is -2.27. The zero-order valence-electron chi connectivity index (χ0n) is 11.6. The van der Waals surface area contributed by atoms with Gasteiger partial charge in [0.25, 0.3) is 5.56 Å². The number of nitrogens with zero attached hydrogens (tertiary/aromatic N) is 5. The first-order chi connectivity index (χ1) is 11.1. The third-order valence-corrected chi connectivity index (χ3v) is 3.58. The molecule has 0 saturated heterocycles. The van der Waals surface area contributed by atoms with Crippen molar-refractivity contribution in [3.63, 3.8) is 0 Å². The quantitative estimate of drug-likeness (QED) is 0.567. The summed E-state index contributed by atoms with van der Waals surface area (Å²) in [5, 5.41) is 8.28. The molecular weight excluding hydrogens is 304 g/mol. The van der Waals surface area contributed by atoms with E-state index in [0.29, 0.717) is 21.9 Å². The second kappa shape index (κ2) is 4.94. The fraction of sp³-hybridized carbons (Fsp3) is 0.0667. The predicted octanol–water partition coefficient (Wildman–Crippen LogP) is 1.93. The Hall–Kier alpha value is -3.16. The number of rotatable bonds is 2. The van der Waals surface area contributed by atoms with Gasteiger partial charge in [-0.15, -0.1) is 5.10 Å². The molecule has 0 saturated carbocycles. The minimum atomic E-state index is -0.976. The Kier molecular flexibility index (Phi) is 2.90. The topological polar surface area (TPSA) is 65.6 Å². The van der Waals surface area contributed by atoms with Crippen LogP contribution in [0.4, 0.5) is 8.78 Å². The number of benzene rings is 2. The first-order valence-electron chi connectivity index (χ1n) is 6.76. The monoisotopic (exact) mass is 313 g/mol. The molecule has 2 heterocycles. The highest BCUT2D eigenvalue weighted by molar-refractivity contribution is 5.77. The molecule has 0 N–H and O–H groups in total. The molecule has 2 aromatic carbocycles. The van der Waals surface area contributed by atoms with Gasteiger partial charge in [-0.25, -0.2) is 13.8 Å². The highest BCUT2D eigenvalue weighted by atomic mass is 19.2. The molecule has 0 spiro atoms. The Morgan fingerprint density at radius 1 is 1.04 bits per heavy atom. The maximum atomic E-state index is 13.4. The van der Waals surface area contributed by atoms with Gasteiger partial charge in [-0.05, 0) is 12.1 Å². The van der Waals surface area contributed by atoms with Gasteiger partial charge in [0.15, 0.2) is 11.6 Å². The van der Waals surface area contributed by atoms with Crippen LogP contribution in [-0.4, -0.2) is 24.5 Å². The van der Waals surface area contributed by atoms with E-state index in [9.17, 15) is 13.6 Å². The minimum absolute atomic E-state index is 0.00175. The van der Waals surface area contributed by atoms with Crippen LogP contribution in [0.3, 0.4) is 0 Å². The molecule has 0 unspecified atom stereocenters. The molecule has 0 aliphatic rings. The van der Waals surface area contributed by atoms with Crippen molar-refractivity contribution in [2.45, 2.75) is 6.67 Å². The van der Waals surface area contributed by atoms with Crippen molar-refractivity contribution in [1.82, 2.24) is 24.5 Å². The van der Waals surface area contributed by atoms with Gasteiger partial charge < -0.3 is 4.57 Å². The third-order valence-electron chi connectivity index (χ3n) is 3.58. The van der Waals surface area contributed by atoms with E-state index in [1.54, 1.807) is 24.3 Å². The second-order valence-electron chi connectivity index (χ2n) is 5.02. The molecule has 0 amide bonds. The summed E-state index contributed by atoms with van der Waals surface area (Å²) in [6, 6.07) is 8.90. The van der Waals surface area contributed by atoms with Gasteiger partial charge in [-0.1, -0.05) is 17.3 Å². The van der Waals surface area contributed by atoms with Gasteiger partial charge in [0.05, 0.1) is 22.7 Å². The van der Waals surface area contributed by atoms with Crippen LogP contribution in [0.5, 0.6) is 0 Å². The number of aromatic nitrogens is 5. The average Bonchev–Trinajstić information content (AvgIpc) is 2.93. The van der Waals surface area contributed by atoms with Crippen molar-refractivity contribution in [2.24, 2.45) is 0 Å². The fourth-order valence-electron chi connectivity index (χ4n) is 2.43. The summed E-state index contributed by atoms with van der Waals surface area (Å²) in [5.74, 6) is -1.94. The number of imidazole rings is 1. The normalized spacial score (nSPS) is 11.4. The van der Waals surface area contributed by atoms with Crippen molar-refractivity contribution in [2.75, 3.05) is 0 Å². The van der Waals surface area contributed by atoms with E-state index in [4.69, 9.17) is 0 Å². The van der Waals surface area contributed by atoms with Gasteiger partial charge in [-0.2, -0.15) is 4.68 Å². The molecule has 4 rings (SSSR count). The van der Waals surface area contributed by atoms with Crippen molar-refractivity contribution >= 4 is 21.9 Å². The SMILES string of the molecule is O=c1c2ccccc2nnn1Cn1cnc2cc(F)c(F)cc21. The fourth-order valence-corrected chi connectivity index (χ4v) is 2.43. The second-order valence-corrected chi connectivity index (χ2v) is 5.02. The lowest BCUT2D eigenvalue weighted by Gasteiger charge is -2.07. The molecule has 2 aromatic heterocycles. The molecule has 0 radical (unpaired) electrons. The molecule has 0 fully saturated rings. The standard InChI is InChI=1S/C15H9F2N5O/c16-10-5-13-14(6-11(10)17)21(7-18-13)8-22-15(23)9-3-1-2-4-12(9)19-20-22/h1-7H,8H2. The number of fused-ring (bicyclic) bond motifs is 2. The van der Waals surface area contributed by atoms with Crippen LogP contribution < -0.4 is 5.56 Å². The zero-order valence-corrected chi connectivity index (χ0v) is 11.6. The predicted molar refractivity (Wildman–Crippen MR) is 78.8 cm³/mol. The Morgan fingerprint density at radius 2 is 1.83 bits per heavy atom. The Labute approximate surface area is 127 Å². The smallest absolute Gasteiger partial charge is 0.279 e. The molecule has 6 nitrogen and oxygen atoms in total. The van der Waals surface area contributed by atoms with E-state index >= 15 is 0 Å². The Morgan fingerprint density at radius 3 is 2.70 bits per heavy atom. The van der Waals surface area contributed by atoms with Crippen molar-refractivity contribution < 1.29 is 8.78 Å². The summed E-state index contributed by atoms with van der Waals surface area (Å²) in [7, 11) is 0. The van der Waals surface area contributed by atoms with E-state index in [2.05, 4.69) is 15.3 Å². The third kappa shape index (κ3) is 2.15. The molecular formula is C15H9F2N5O. The number of hydrogen-bond donors (Lipinski definition) is 0. The van der Waals surface area contributed by atoms with E-state index < -0.39 is 11.6 Å². The molecule has 0 aliphatic carbocycles. The summed E-state index contributed by atoms with van der Waals surface area (Å²) in [6.07, 6.45) is 1.40. The molecule has 114 valence electrons. The lowest BCUT2D eigenvalue weighted by atomic mass is 10.2. The first kappa shape index (κ1) is 13.5. The molecule has 4 aromatic rings. The zero-order chi connectivity index (χ0) is 16.0. The molecule has 23 heavy (non-hydrogen) atoms. The van der Waals surface area contributed by atoms with Gasteiger partial charge in [0.1, 0.15) is 12.2 Å². The van der Waals surface area contributed by atoms with Gasteiger partial charge in [0, 0.05) is 12.1 Å². The number of hydrogen-bond acceptors (Lipinski definition) is 4. The maximum absolute atomic E-state index is 13.4. The Bertz CT molecular complexity index is 1100. The average molecular weight is 313 g/mol. The first-order valence-corrected chi connectivity index (χ1v) is 6.76. The van der Waals surface area contributed by atoms with Crippen LogP contribution >= 0.6 is 0 Å². The van der Waals surface area contributed by atoms with Crippen molar-refractivity contribution in [3.05, 3.63) is 64.7 Å². The summed E-state index contributed by atoms with van der Waals surface area (Å²) >= 11 is 0. The van der Waals surface area contributed by atoms with E-state index in [1.165, 1.54) is 10.9 Å². The summed E-state index contributed by atoms with van der Waals surface area (Å²) in [6.45, 7) is -0.00175. The van der Waals surface area contributed by atoms with Gasteiger partial charge in [-0.3, -0.25) is 4.79 Å². The van der Waals surface area contributed by atoms with Crippen LogP contribution in [0, 0.1) is 11.6 Å². The van der Waals surface area contributed by atoms with Gasteiger partial charge in [0.2, 0.25) is 0 Å². The van der Waals surface area contributed by atoms with Crippen molar-refractivity contribution in [1.29, 1.82) is 0 Å². The van der Waals surface area contributed by atoms with Crippen LogP contribution in [0.25, 0.3) is 21.9 Å². The highest BCUT2D eigenvalue weighted by Gasteiger charge is 2.11. The molecule has 0 bridgehead atoms. The maximum Gasteiger partial charge on any atom is 0.279 e. The summed E-state index contributed by atoms with van der Waals surface area (Å²) in [4.78, 5) is 16.4. The number of halogens is 2. The Balaban J connectivity index is 1.84. The van der Waals surface area contributed by atoms with Crippen LogP contribution in [-0.2, 0) is 6.67 Å². The van der Waals surface area contributed by atoms with Gasteiger partial charge >= 0.3 is 0 Å². The minimum Gasteiger partial charge on any atom is -0.310 e. The largest absolute Gasteiger partial charge is 0.310 e. The van der Waals surface area contributed by atoms with Crippen LogP contribution in [0.15, 0.2) is 47.5 Å². The van der Waals surface area contributed by atoms with Crippen molar-refractivity contribution in [3.8, 4) is 0 Å². The molecule has 0 atom stereocenters. The molecule has 0 aliphatic heterocycles. The van der Waals surface area contributed by atoms with E-state index in [-0.39, 0.29) is 12.2 Å². The van der Waals surface area contributed by atoms with E-state index in [1.807, 2.05) is 0 Å². The highest BCUT2D eigenvalue weighted by Crippen LogP contribution is 2.17. The summed E-state index contributed by atoms with van der Waals surface area (Å²) < 4.78 is 29.3. The lowest BCUT2D eigenvalue weighted by molar-refractivity contribution is 0.501. The van der Waals surface area contributed by atoms with Crippen LogP contribution in [0.1, 0.15) is 0 Å². The summed E-state index contributed by atoms with van der Waals surface area (Å²) in [5.41, 5.74) is 0.842. The van der Waals surface area contributed by atoms with E-state index in [0.717, 1.165) is 16.8 Å².